The molecule has 0 spiro atoms. The zero-order valence-corrected chi connectivity index (χ0v) is 15.8. The van der Waals surface area contributed by atoms with Crippen molar-refractivity contribution in [3.8, 4) is 0 Å². The zero-order chi connectivity index (χ0) is 16.1. The van der Waals surface area contributed by atoms with Gasteiger partial charge in [-0.1, -0.05) is 48.5 Å². The molecule has 1 fully saturated rings. The summed E-state index contributed by atoms with van der Waals surface area (Å²) in [5.41, 5.74) is 0.884. The number of hydrogen-bond acceptors (Lipinski definition) is 2. The first kappa shape index (κ1) is 19.0. The van der Waals surface area contributed by atoms with E-state index in [0.717, 1.165) is 12.5 Å². The first-order valence-corrected chi connectivity index (χ1v) is 9.12. The number of nitrogens with zero attached hydrogens (tertiary/aromatic N) is 1. The average Bonchev–Trinajstić information content (AvgIpc) is 2.61. The summed E-state index contributed by atoms with van der Waals surface area (Å²) < 4.78 is 0. The lowest BCUT2D eigenvalue weighted by Crippen LogP contribution is -2.44. The maximum absolute atomic E-state index is 3.65. The highest BCUT2D eigenvalue weighted by Gasteiger charge is 2.30. The molecule has 0 saturated carbocycles. The molecule has 0 aliphatic carbocycles. The molecule has 1 N–H and O–H groups in total. The van der Waals surface area contributed by atoms with E-state index in [9.17, 15) is 0 Å². The molecule has 0 radical (unpaired) electrons. The molecule has 0 aromatic carbocycles. The number of hydrogen-bond donors (Lipinski definition) is 1. The van der Waals surface area contributed by atoms with Gasteiger partial charge < -0.3 is 10.2 Å². The summed E-state index contributed by atoms with van der Waals surface area (Å²) >= 11 is 0. The lowest BCUT2D eigenvalue weighted by Gasteiger charge is -2.36. The summed E-state index contributed by atoms with van der Waals surface area (Å²) in [5, 5.41) is 3.65. The fourth-order valence-corrected chi connectivity index (χ4v) is 3.46. The van der Waals surface area contributed by atoms with Gasteiger partial charge in [-0.15, -0.1) is 0 Å². The molecule has 2 nitrogen and oxygen atoms in total. The summed E-state index contributed by atoms with van der Waals surface area (Å²) in [4.78, 5) is 2.73. The van der Waals surface area contributed by atoms with Gasteiger partial charge in [-0.2, -0.15) is 0 Å². The molecule has 1 aliphatic rings. The van der Waals surface area contributed by atoms with Crippen molar-refractivity contribution < 1.29 is 0 Å². The van der Waals surface area contributed by atoms with Gasteiger partial charge in [-0.3, -0.25) is 0 Å². The quantitative estimate of drug-likeness (QED) is 0.773. The van der Waals surface area contributed by atoms with E-state index in [1.54, 1.807) is 0 Å². The van der Waals surface area contributed by atoms with Crippen molar-refractivity contribution in [1.82, 2.24) is 10.2 Å². The molecule has 126 valence electrons. The van der Waals surface area contributed by atoms with E-state index in [1.165, 1.54) is 45.3 Å². The summed E-state index contributed by atoms with van der Waals surface area (Å²) in [7, 11) is 0. The Labute approximate surface area is 134 Å². The Kier molecular flexibility index (Phi) is 7.19. The first-order valence-electron chi connectivity index (χ1n) is 9.12. The predicted octanol–water partition coefficient (Wildman–Crippen LogP) is 4.55. The van der Waals surface area contributed by atoms with Crippen molar-refractivity contribution in [2.45, 2.75) is 80.2 Å². The van der Waals surface area contributed by atoms with Gasteiger partial charge in [0.15, 0.2) is 0 Å². The van der Waals surface area contributed by atoms with E-state index in [1.807, 2.05) is 0 Å². The van der Waals surface area contributed by atoms with Crippen LogP contribution in [0.25, 0.3) is 0 Å². The SMILES string of the molecule is CCC(C)(CNC(C)C)CN1CCCC(C(C)(C)C)CC1. The van der Waals surface area contributed by atoms with Crippen LogP contribution in [0.15, 0.2) is 0 Å². The van der Waals surface area contributed by atoms with Crippen LogP contribution in [0, 0.1) is 16.7 Å². The third-order valence-corrected chi connectivity index (χ3v) is 5.44. The third kappa shape index (κ3) is 6.69. The Hall–Kier alpha value is -0.0800. The number of nitrogens with one attached hydrogen (secondary N) is 1. The van der Waals surface area contributed by atoms with E-state index in [0.29, 0.717) is 16.9 Å². The first-order chi connectivity index (χ1) is 9.66. The molecular weight excluding hydrogens is 256 g/mol. The van der Waals surface area contributed by atoms with Gasteiger partial charge in [0.2, 0.25) is 0 Å². The topological polar surface area (TPSA) is 15.3 Å². The van der Waals surface area contributed by atoms with Gasteiger partial charge in [-0.05, 0) is 55.5 Å². The van der Waals surface area contributed by atoms with E-state index in [4.69, 9.17) is 0 Å². The highest BCUT2D eigenvalue weighted by molar-refractivity contribution is 4.84. The fourth-order valence-electron chi connectivity index (χ4n) is 3.46. The van der Waals surface area contributed by atoms with Gasteiger partial charge in [-0.25, -0.2) is 0 Å². The van der Waals surface area contributed by atoms with Crippen molar-refractivity contribution in [2.75, 3.05) is 26.2 Å². The molecule has 1 heterocycles. The molecular formula is C19H40N2. The van der Waals surface area contributed by atoms with Crippen LogP contribution in [0.2, 0.25) is 0 Å². The van der Waals surface area contributed by atoms with Crippen molar-refractivity contribution in [3.05, 3.63) is 0 Å². The Bertz CT molecular complexity index is 292. The normalized spacial score (nSPS) is 24.9. The van der Waals surface area contributed by atoms with Gasteiger partial charge in [0.1, 0.15) is 0 Å². The summed E-state index contributed by atoms with van der Waals surface area (Å²) in [6, 6.07) is 0.588. The van der Waals surface area contributed by atoms with Crippen molar-refractivity contribution >= 4 is 0 Å². The minimum Gasteiger partial charge on any atom is -0.314 e. The van der Waals surface area contributed by atoms with E-state index in [2.05, 4.69) is 58.7 Å². The van der Waals surface area contributed by atoms with Crippen LogP contribution in [0.3, 0.4) is 0 Å². The second kappa shape index (κ2) is 7.97. The van der Waals surface area contributed by atoms with Gasteiger partial charge in [0.25, 0.3) is 0 Å². The van der Waals surface area contributed by atoms with Gasteiger partial charge in [0.05, 0.1) is 0 Å². The lowest BCUT2D eigenvalue weighted by molar-refractivity contribution is 0.149. The Morgan fingerprint density at radius 1 is 1.10 bits per heavy atom. The van der Waals surface area contributed by atoms with Crippen LogP contribution in [0.5, 0.6) is 0 Å². The monoisotopic (exact) mass is 296 g/mol. The minimum absolute atomic E-state index is 0.409. The van der Waals surface area contributed by atoms with E-state index < -0.39 is 0 Å². The molecule has 1 aliphatic heterocycles. The van der Waals surface area contributed by atoms with Crippen molar-refractivity contribution in [2.24, 2.45) is 16.7 Å². The van der Waals surface area contributed by atoms with Crippen LogP contribution in [-0.2, 0) is 0 Å². The van der Waals surface area contributed by atoms with Crippen LogP contribution in [0.1, 0.15) is 74.1 Å². The molecule has 2 heteroatoms. The van der Waals surface area contributed by atoms with Crippen LogP contribution >= 0.6 is 0 Å². The van der Waals surface area contributed by atoms with Gasteiger partial charge >= 0.3 is 0 Å². The highest BCUT2D eigenvalue weighted by Crippen LogP contribution is 2.35. The molecule has 0 aromatic rings. The van der Waals surface area contributed by atoms with E-state index in [-0.39, 0.29) is 0 Å². The second-order valence-electron chi connectivity index (χ2n) is 8.97. The summed E-state index contributed by atoms with van der Waals surface area (Å²) in [6.45, 7) is 21.5. The summed E-state index contributed by atoms with van der Waals surface area (Å²) in [5.74, 6) is 0.893. The average molecular weight is 297 g/mol. The molecule has 21 heavy (non-hydrogen) atoms. The smallest absolute Gasteiger partial charge is 0.00474 e. The Balaban J connectivity index is 2.53. The van der Waals surface area contributed by atoms with Gasteiger partial charge in [0, 0.05) is 19.1 Å². The predicted molar refractivity (Wildman–Crippen MR) is 94.8 cm³/mol. The van der Waals surface area contributed by atoms with Crippen molar-refractivity contribution in [1.29, 1.82) is 0 Å². The van der Waals surface area contributed by atoms with Crippen LogP contribution < -0.4 is 5.32 Å². The highest BCUT2D eigenvalue weighted by atomic mass is 15.1. The third-order valence-electron chi connectivity index (χ3n) is 5.44. The van der Waals surface area contributed by atoms with Crippen LogP contribution in [0.4, 0.5) is 0 Å². The Morgan fingerprint density at radius 3 is 2.29 bits per heavy atom. The molecule has 0 amide bonds. The lowest BCUT2D eigenvalue weighted by atomic mass is 9.77. The second-order valence-corrected chi connectivity index (χ2v) is 8.97. The largest absolute Gasteiger partial charge is 0.314 e. The fraction of sp³-hybridized carbons (Fsp3) is 1.00. The van der Waals surface area contributed by atoms with E-state index >= 15 is 0 Å². The molecule has 0 aromatic heterocycles. The number of rotatable bonds is 6. The minimum atomic E-state index is 0.409. The molecule has 0 bridgehead atoms. The Morgan fingerprint density at radius 2 is 1.76 bits per heavy atom. The zero-order valence-electron chi connectivity index (χ0n) is 15.8. The maximum atomic E-state index is 3.65. The standard InChI is InChI=1S/C19H40N2/c1-8-19(7,14-20-16(2)3)15-21-12-9-10-17(11-13-21)18(4,5)6/h16-17,20H,8-15H2,1-7H3. The summed E-state index contributed by atoms with van der Waals surface area (Å²) in [6.07, 6.45) is 5.42. The molecule has 2 atom stereocenters. The van der Waals surface area contributed by atoms with Crippen molar-refractivity contribution in [3.63, 3.8) is 0 Å². The molecule has 1 rings (SSSR count). The van der Waals surface area contributed by atoms with Crippen LogP contribution in [-0.4, -0.2) is 37.1 Å². The molecule has 2 unspecified atom stereocenters. The molecule has 1 saturated heterocycles. The maximum Gasteiger partial charge on any atom is 0.00474 e. The number of likely N-dealkylation sites (tertiary alicyclic amines) is 1.